The van der Waals surface area contributed by atoms with Crippen molar-refractivity contribution >= 4 is 11.9 Å². The molecule has 0 heterocycles. The Morgan fingerprint density at radius 2 is 1.79 bits per heavy atom. The van der Waals surface area contributed by atoms with Gasteiger partial charge in [-0.05, 0) is 12.0 Å². The fourth-order valence-corrected chi connectivity index (χ4v) is 1.29. The standard InChI is InChI=1S/C11H15NO3.C2H4O2/c1-15-11(14)10(13)9(12)7-8-5-3-2-4-6-8;1-2(3)4/h2-6,9-10,13H,7,12H2,1H3;1H3,(H,3,4). The lowest BCUT2D eigenvalue weighted by atomic mass is 10.0. The van der Waals surface area contributed by atoms with Crippen LogP contribution in [0.4, 0.5) is 0 Å². The number of hydrogen-bond acceptors (Lipinski definition) is 5. The summed E-state index contributed by atoms with van der Waals surface area (Å²) < 4.78 is 4.40. The van der Waals surface area contributed by atoms with Gasteiger partial charge in [-0.15, -0.1) is 0 Å². The van der Waals surface area contributed by atoms with Gasteiger partial charge in [-0.2, -0.15) is 0 Å². The van der Waals surface area contributed by atoms with E-state index in [-0.39, 0.29) is 0 Å². The van der Waals surface area contributed by atoms with Crippen LogP contribution in [-0.4, -0.2) is 41.4 Å². The fraction of sp³-hybridized carbons (Fsp3) is 0.385. The lowest BCUT2D eigenvalue weighted by molar-refractivity contribution is -0.151. The third-order valence-corrected chi connectivity index (χ3v) is 2.16. The molecule has 0 saturated heterocycles. The summed E-state index contributed by atoms with van der Waals surface area (Å²) in [6.45, 7) is 1.08. The van der Waals surface area contributed by atoms with Gasteiger partial charge >= 0.3 is 5.97 Å². The van der Waals surface area contributed by atoms with E-state index < -0.39 is 24.1 Å². The molecule has 0 aliphatic rings. The third-order valence-electron chi connectivity index (χ3n) is 2.16. The zero-order chi connectivity index (χ0) is 14.8. The minimum absolute atomic E-state index is 0.442. The molecular formula is C13H19NO5. The van der Waals surface area contributed by atoms with Crippen LogP contribution in [0.5, 0.6) is 0 Å². The molecule has 19 heavy (non-hydrogen) atoms. The topological polar surface area (TPSA) is 110 Å². The molecule has 6 nitrogen and oxygen atoms in total. The van der Waals surface area contributed by atoms with Crippen molar-refractivity contribution in [3.05, 3.63) is 35.9 Å². The van der Waals surface area contributed by atoms with E-state index in [1.165, 1.54) is 7.11 Å². The lowest BCUT2D eigenvalue weighted by Crippen LogP contribution is -2.42. The van der Waals surface area contributed by atoms with Gasteiger partial charge in [-0.1, -0.05) is 30.3 Å². The molecule has 0 saturated carbocycles. The van der Waals surface area contributed by atoms with Gasteiger partial charge in [0.2, 0.25) is 0 Å². The van der Waals surface area contributed by atoms with Crippen molar-refractivity contribution in [2.45, 2.75) is 25.5 Å². The molecule has 1 rings (SSSR count). The number of rotatable bonds is 4. The molecule has 0 bridgehead atoms. The predicted octanol–water partition coefficient (Wildman–Crippen LogP) is 0.181. The van der Waals surface area contributed by atoms with Gasteiger partial charge in [0, 0.05) is 13.0 Å². The van der Waals surface area contributed by atoms with E-state index >= 15 is 0 Å². The summed E-state index contributed by atoms with van der Waals surface area (Å²) in [4.78, 5) is 20.0. The van der Waals surface area contributed by atoms with Crippen LogP contribution >= 0.6 is 0 Å². The highest BCUT2D eigenvalue weighted by atomic mass is 16.5. The van der Waals surface area contributed by atoms with Crippen LogP contribution in [0.2, 0.25) is 0 Å². The Morgan fingerprint density at radius 3 is 2.21 bits per heavy atom. The molecule has 0 aliphatic carbocycles. The molecule has 4 N–H and O–H groups in total. The second-order valence-corrected chi connectivity index (χ2v) is 3.84. The average molecular weight is 269 g/mol. The second-order valence-electron chi connectivity index (χ2n) is 3.84. The molecule has 0 aliphatic heterocycles. The smallest absolute Gasteiger partial charge is 0.336 e. The number of aliphatic hydroxyl groups is 1. The molecule has 2 unspecified atom stereocenters. The number of esters is 1. The van der Waals surface area contributed by atoms with Crippen LogP contribution < -0.4 is 5.73 Å². The van der Waals surface area contributed by atoms with Crippen molar-refractivity contribution in [3.63, 3.8) is 0 Å². The lowest BCUT2D eigenvalue weighted by Gasteiger charge is -2.16. The van der Waals surface area contributed by atoms with Crippen LogP contribution in [0.15, 0.2) is 30.3 Å². The SMILES string of the molecule is CC(=O)O.COC(=O)C(O)C(N)Cc1ccccc1. The summed E-state index contributed by atoms with van der Waals surface area (Å²) in [5.74, 6) is -1.53. The Labute approximate surface area is 111 Å². The van der Waals surface area contributed by atoms with Gasteiger partial charge in [0.15, 0.2) is 6.10 Å². The first-order chi connectivity index (χ1) is 8.88. The summed E-state index contributed by atoms with van der Waals surface area (Å²) in [5, 5.41) is 16.9. The molecule has 2 atom stereocenters. The Morgan fingerprint density at radius 1 is 1.32 bits per heavy atom. The number of aliphatic carboxylic acids is 1. The second kappa shape index (κ2) is 9.07. The number of nitrogens with two attached hydrogens (primary N) is 1. The maximum atomic E-state index is 11.0. The molecule has 0 radical (unpaired) electrons. The Balaban J connectivity index is 0.000000711. The minimum Gasteiger partial charge on any atom is -0.481 e. The van der Waals surface area contributed by atoms with Gasteiger partial charge in [-0.25, -0.2) is 4.79 Å². The molecule has 0 aromatic heterocycles. The summed E-state index contributed by atoms with van der Waals surface area (Å²) in [7, 11) is 1.22. The van der Waals surface area contributed by atoms with E-state index in [1.807, 2.05) is 30.3 Å². The molecule has 0 spiro atoms. The first-order valence-electron chi connectivity index (χ1n) is 5.63. The number of methoxy groups -OCH3 is 1. The normalized spacial score (nSPS) is 12.6. The van der Waals surface area contributed by atoms with Crippen LogP contribution in [0, 0.1) is 0 Å². The summed E-state index contributed by atoms with van der Waals surface area (Å²) in [6.07, 6.45) is -0.827. The van der Waals surface area contributed by atoms with Crippen molar-refractivity contribution in [2.75, 3.05) is 7.11 Å². The van der Waals surface area contributed by atoms with E-state index in [0.29, 0.717) is 6.42 Å². The van der Waals surface area contributed by atoms with Crippen molar-refractivity contribution in [3.8, 4) is 0 Å². The van der Waals surface area contributed by atoms with E-state index in [4.69, 9.17) is 15.6 Å². The van der Waals surface area contributed by atoms with Crippen LogP contribution in [-0.2, 0) is 20.7 Å². The van der Waals surface area contributed by atoms with Crippen LogP contribution in [0.3, 0.4) is 0 Å². The maximum Gasteiger partial charge on any atom is 0.336 e. The molecular weight excluding hydrogens is 250 g/mol. The molecule has 106 valence electrons. The Bertz CT molecular complexity index is 389. The van der Waals surface area contributed by atoms with Crippen molar-refractivity contribution < 1.29 is 24.5 Å². The van der Waals surface area contributed by atoms with Crippen molar-refractivity contribution in [1.29, 1.82) is 0 Å². The van der Waals surface area contributed by atoms with Gasteiger partial charge in [0.25, 0.3) is 5.97 Å². The largest absolute Gasteiger partial charge is 0.481 e. The Hall–Kier alpha value is -1.92. The molecule has 1 aromatic carbocycles. The third kappa shape index (κ3) is 7.91. The number of carbonyl (C=O) groups is 2. The number of ether oxygens (including phenoxy) is 1. The molecule has 0 fully saturated rings. The van der Waals surface area contributed by atoms with Gasteiger partial charge in [0.05, 0.1) is 7.11 Å². The van der Waals surface area contributed by atoms with E-state index in [0.717, 1.165) is 12.5 Å². The monoisotopic (exact) mass is 269 g/mol. The number of carbonyl (C=O) groups excluding carboxylic acids is 1. The number of hydrogen-bond donors (Lipinski definition) is 3. The molecule has 0 amide bonds. The summed E-state index contributed by atoms with van der Waals surface area (Å²) in [5.41, 5.74) is 6.65. The summed E-state index contributed by atoms with van der Waals surface area (Å²) >= 11 is 0. The number of carboxylic acid groups (broad SMARTS) is 1. The minimum atomic E-state index is -1.27. The van der Waals surface area contributed by atoms with Crippen LogP contribution in [0.1, 0.15) is 12.5 Å². The van der Waals surface area contributed by atoms with E-state index in [9.17, 15) is 9.90 Å². The summed E-state index contributed by atoms with van der Waals surface area (Å²) in [6, 6.07) is 8.80. The Kier molecular flexibility index (Phi) is 8.15. The predicted molar refractivity (Wildman–Crippen MR) is 69.5 cm³/mol. The first kappa shape index (κ1) is 17.1. The highest BCUT2D eigenvalue weighted by Crippen LogP contribution is 2.05. The van der Waals surface area contributed by atoms with Gasteiger partial charge in [0.1, 0.15) is 0 Å². The van der Waals surface area contributed by atoms with Crippen molar-refractivity contribution in [2.24, 2.45) is 5.73 Å². The highest BCUT2D eigenvalue weighted by Gasteiger charge is 2.23. The van der Waals surface area contributed by atoms with Crippen molar-refractivity contribution in [1.82, 2.24) is 0 Å². The quantitative estimate of drug-likeness (QED) is 0.673. The first-order valence-corrected chi connectivity index (χ1v) is 5.63. The number of carboxylic acids is 1. The fourth-order valence-electron chi connectivity index (χ4n) is 1.29. The molecule has 6 heteroatoms. The number of benzene rings is 1. The zero-order valence-electron chi connectivity index (χ0n) is 10.9. The molecule has 1 aromatic rings. The maximum absolute atomic E-state index is 11.0. The van der Waals surface area contributed by atoms with E-state index in [1.54, 1.807) is 0 Å². The highest BCUT2D eigenvalue weighted by molar-refractivity contribution is 5.75. The van der Waals surface area contributed by atoms with Gasteiger partial charge in [-0.3, -0.25) is 4.79 Å². The number of aliphatic hydroxyl groups excluding tert-OH is 1. The van der Waals surface area contributed by atoms with E-state index in [2.05, 4.69) is 4.74 Å². The zero-order valence-corrected chi connectivity index (χ0v) is 10.9. The van der Waals surface area contributed by atoms with Crippen LogP contribution in [0.25, 0.3) is 0 Å². The van der Waals surface area contributed by atoms with Gasteiger partial charge < -0.3 is 20.7 Å². The average Bonchev–Trinajstić information content (AvgIpc) is 2.37.